The second-order valence-corrected chi connectivity index (χ2v) is 6.00. The number of nitrogens with zero attached hydrogens (tertiary/aromatic N) is 1. The molecule has 0 aromatic heterocycles. The first kappa shape index (κ1) is 14.3. The van der Waals surface area contributed by atoms with Gasteiger partial charge in [0.1, 0.15) is 24.3 Å². The zero-order valence-corrected chi connectivity index (χ0v) is 11.8. The summed E-state index contributed by atoms with van der Waals surface area (Å²) in [4.78, 5) is 12.7. The minimum atomic E-state index is -0.953. The van der Waals surface area contributed by atoms with Crippen LogP contribution >= 0.6 is 0 Å². The average Bonchev–Trinajstić information content (AvgIpc) is 2.76. The number of fused-ring (bicyclic) bond motifs is 1. The van der Waals surface area contributed by atoms with Crippen molar-refractivity contribution in [2.24, 2.45) is 0 Å². The molecule has 0 saturated carbocycles. The first-order valence-corrected chi connectivity index (χ1v) is 6.97. The van der Waals surface area contributed by atoms with E-state index in [2.05, 4.69) is 4.90 Å². The summed E-state index contributed by atoms with van der Waals surface area (Å²) in [5.74, 6) is -0.435. The van der Waals surface area contributed by atoms with Crippen molar-refractivity contribution in [2.75, 3.05) is 26.2 Å². The normalized spacial score (nSPS) is 23.2. The van der Waals surface area contributed by atoms with Crippen LogP contribution in [0, 0.1) is 5.82 Å². The molecule has 5 nitrogen and oxygen atoms in total. The summed E-state index contributed by atoms with van der Waals surface area (Å²) in [6.45, 7) is 3.75. The lowest BCUT2D eigenvalue weighted by Crippen LogP contribution is -2.63. The first-order valence-electron chi connectivity index (χ1n) is 6.97. The van der Waals surface area contributed by atoms with Gasteiger partial charge in [0, 0.05) is 31.6 Å². The SMILES string of the molecule is CC1(OCC(=O)O)CN(CC2Cc3cc(F)ccc3O2)C1. The highest BCUT2D eigenvalue weighted by Gasteiger charge is 2.41. The summed E-state index contributed by atoms with van der Waals surface area (Å²) in [5.41, 5.74) is 0.515. The molecule has 0 radical (unpaired) electrons. The maximum atomic E-state index is 13.2. The molecular weight excluding hydrogens is 277 g/mol. The van der Waals surface area contributed by atoms with Crippen LogP contribution in [0.3, 0.4) is 0 Å². The van der Waals surface area contributed by atoms with Crippen LogP contribution in [0.25, 0.3) is 0 Å². The molecule has 1 saturated heterocycles. The van der Waals surface area contributed by atoms with E-state index in [1.54, 1.807) is 6.07 Å². The standard InChI is InChI=1S/C15H18FNO4/c1-15(20-7-14(18)19)8-17(9-15)6-12-5-10-4-11(16)2-3-13(10)21-12/h2-4,12H,5-9H2,1H3,(H,18,19). The number of hydrogen-bond acceptors (Lipinski definition) is 4. The van der Waals surface area contributed by atoms with Gasteiger partial charge in [-0.25, -0.2) is 9.18 Å². The predicted octanol–water partition coefficient (Wildman–Crippen LogP) is 1.30. The topological polar surface area (TPSA) is 59.0 Å². The van der Waals surface area contributed by atoms with Crippen LogP contribution in [0.4, 0.5) is 4.39 Å². The van der Waals surface area contributed by atoms with E-state index in [0.29, 0.717) is 19.5 Å². The Morgan fingerprint density at radius 3 is 3.05 bits per heavy atom. The molecule has 1 aromatic carbocycles. The lowest BCUT2D eigenvalue weighted by molar-refractivity contribution is -0.166. The van der Waals surface area contributed by atoms with Gasteiger partial charge >= 0.3 is 5.97 Å². The average molecular weight is 295 g/mol. The number of likely N-dealkylation sites (tertiary alicyclic amines) is 1. The summed E-state index contributed by atoms with van der Waals surface area (Å²) in [5, 5.41) is 8.63. The van der Waals surface area contributed by atoms with Gasteiger partial charge in [-0.15, -0.1) is 0 Å². The lowest BCUT2D eigenvalue weighted by atomic mass is 9.95. The molecule has 0 amide bonds. The third kappa shape index (κ3) is 3.16. The molecule has 1 atom stereocenters. The maximum Gasteiger partial charge on any atom is 0.329 e. The van der Waals surface area contributed by atoms with Gasteiger partial charge in [-0.05, 0) is 25.1 Å². The van der Waals surface area contributed by atoms with Gasteiger partial charge in [0.05, 0.1) is 5.60 Å². The van der Waals surface area contributed by atoms with Crippen LogP contribution in [-0.4, -0.2) is 53.9 Å². The van der Waals surface area contributed by atoms with Gasteiger partial charge in [0.15, 0.2) is 0 Å². The number of carbonyl (C=O) groups is 1. The Kier molecular flexibility index (Phi) is 3.59. The maximum absolute atomic E-state index is 13.2. The highest BCUT2D eigenvalue weighted by Crippen LogP contribution is 2.31. The number of benzene rings is 1. The van der Waals surface area contributed by atoms with E-state index in [1.807, 2.05) is 6.92 Å². The van der Waals surface area contributed by atoms with Gasteiger partial charge in [0.2, 0.25) is 0 Å². The van der Waals surface area contributed by atoms with E-state index in [0.717, 1.165) is 17.9 Å². The first-order chi connectivity index (χ1) is 9.93. The van der Waals surface area contributed by atoms with Crippen molar-refractivity contribution >= 4 is 5.97 Å². The third-order valence-corrected chi connectivity index (χ3v) is 3.89. The van der Waals surface area contributed by atoms with Gasteiger partial charge in [-0.2, -0.15) is 0 Å². The summed E-state index contributed by atoms with van der Waals surface area (Å²) in [7, 11) is 0. The molecule has 0 bridgehead atoms. The quantitative estimate of drug-likeness (QED) is 0.887. The van der Waals surface area contributed by atoms with E-state index in [4.69, 9.17) is 14.6 Å². The fourth-order valence-corrected chi connectivity index (χ4v) is 3.03. The summed E-state index contributed by atoms with van der Waals surface area (Å²) < 4.78 is 24.3. The molecule has 3 rings (SSSR count). The van der Waals surface area contributed by atoms with Crippen LogP contribution in [0.1, 0.15) is 12.5 Å². The molecule has 1 unspecified atom stereocenters. The molecule has 1 aromatic rings. The summed E-state index contributed by atoms with van der Waals surface area (Å²) >= 11 is 0. The summed E-state index contributed by atoms with van der Waals surface area (Å²) in [6, 6.07) is 4.59. The third-order valence-electron chi connectivity index (χ3n) is 3.89. The van der Waals surface area contributed by atoms with E-state index < -0.39 is 11.6 Å². The molecule has 2 aliphatic rings. The van der Waals surface area contributed by atoms with E-state index >= 15 is 0 Å². The molecular formula is C15H18FNO4. The Labute approximate surface area is 122 Å². The largest absolute Gasteiger partial charge is 0.488 e. The van der Waals surface area contributed by atoms with Crippen LogP contribution in [-0.2, 0) is 16.0 Å². The molecule has 0 aliphatic carbocycles. The number of halogens is 1. The van der Waals surface area contributed by atoms with Gasteiger partial charge in [-0.3, -0.25) is 4.90 Å². The molecule has 0 spiro atoms. The van der Waals surface area contributed by atoms with Crippen molar-refractivity contribution in [1.82, 2.24) is 4.90 Å². The smallest absolute Gasteiger partial charge is 0.329 e. The minimum absolute atomic E-state index is 0.0193. The number of carboxylic acid groups (broad SMARTS) is 1. The number of ether oxygens (including phenoxy) is 2. The lowest BCUT2D eigenvalue weighted by Gasteiger charge is -2.47. The Morgan fingerprint density at radius 2 is 2.33 bits per heavy atom. The Bertz CT molecular complexity index is 557. The van der Waals surface area contributed by atoms with E-state index in [-0.39, 0.29) is 18.5 Å². The fraction of sp³-hybridized carbons (Fsp3) is 0.533. The van der Waals surface area contributed by atoms with Crippen molar-refractivity contribution < 1.29 is 23.8 Å². The number of hydrogen-bond donors (Lipinski definition) is 1. The van der Waals surface area contributed by atoms with Gasteiger partial charge in [-0.1, -0.05) is 0 Å². The van der Waals surface area contributed by atoms with Crippen molar-refractivity contribution in [2.45, 2.75) is 25.0 Å². The summed E-state index contributed by atoms with van der Waals surface area (Å²) in [6.07, 6.45) is 0.724. The Hall–Kier alpha value is -1.66. The second-order valence-electron chi connectivity index (χ2n) is 6.00. The molecule has 2 heterocycles. The number of rotatable bonds is 5. The Morgan fingerprint density at radius 1 is 1.57 bits per heavy atom. The van der Waals surface area contributed by atoms with Gasteiger partial charge < -0.3 is 14.6 Å². The zero-order valence-electron chi connectivity index (χ0n) is 11.8. The van der Waals surface area contributed by atoms with Crippen LogP contribution in [0.15, 0.2) is 18.2 Å². The van der Waals surface area contributed by atoms with Crippen LogP contribution < -0.4 is 4.74 Å². The molecule has 1 fully saturated rings. The zero-order chi connectivity index (χ0) is 15.0. The van der Waals surface area contributed by atoms with Crippen molar-refractivity contribution in [3.8, 4) is 5.75 Å². The minimum Gasteiger partial charge on any atom is -0.488 e. The highest BCUT2D eigenvalue weighted by molar-refractivity contribution is 5.68. The second kappa shape index (κ2) is 5.27. The number of carboxylic acids is 1. The molecule has 21 heavy (non-hydrogen) atoms. The van der Waals surface area contributed by atoms with Crippen molar-refractivity contribution in [3.63, 3.8) is 0 Å². The van der Waals surface area contributed by atoms with E-state index in [9.17, 15) is 9.18 Å². The fourth-order valence-electron chi connectivity index (χ4n) is 3.03. The van der Waals surface area contributed by atoms with Crippen LogP contribution in [0.2, 0.25) is 0 Å². The Balaban J connectivity index is 1.47. The monoisotopic (exact) mass is 295 g/mol. The predicted molar refractivity (Wildman–Crippen MR) is 73.0 cm³/mol. The molecule has 114 valence electrons. The molecule has 2 aliphatic heterocycles. The van der Waals surface area contributed by atoms with Gasteiger partial charge in [0.25, 0.3) is 0 Å². The number of aliphatic carboxylic acids is 1. The highest BCUT2D eigenvalue weighted by atomic mass is 19.1. The molecule has 6 heteroatoms. The van der Waals surface area contributed by atoms with E-state index in [1.165, 1.54) is 12.1 Å². The van der Waals surface area contributed by atoms with Crippen molar-refractivity contribution in [1.29, 1.82) is 0 Å². The van der Waals surface area contributed by atoms with Crippen LogP contribution in [0.5, 0.6) is 5.75 Å². The molecule has 1 N–H and O–H groups in total. The van der Waals surface area contributed by atoms with Crippen molar-refractivity contribution in [3.05, 3.63) is 29.6 Å².